The maximum Gasteiger partial charge on any atom is 0.328 e. The van der Waals surface area contributed by atoms with E-state index in [2.05, 4.69) is 10.1 Å². The van der Waals surface area contributed by atoms with E-state index in [0.29, 0.717) is 19.3 Å². The van der Waals surface area contributed by atoms with E-state index in [1.807, 2.05) is 0 Å². The molecule has 0 spiro atoms. The van der Waals surface area contributed by atoms with Crippen molar-refractivity contribution in [3.05, 3.63) is 0 Å². The molecule has 7 heteroatoms. The lowest BCUT2D eigenvalue weighted by Gasteiger charge is -2.28. The van der Waals surface area contributed by atoms with E-state index in [1.54, 1.807) is 0 Å². The highest BCUT2D eigenvalue weighted by molar-refractivity contribution is 5.87. The lowest BCUT2D eigenvalue weighted by molar-refractivity contribution is -0.147. The van der Waals surface area contributed by atoms with Crippen LogP contribution in [-0.4, -0.2) is 43.9 Å². The molecule has 1 aliphatic carbocycles. The van der Waals surface area contributed by atoms with Crippen LogP contribution in [0.15, 0.2) is 0 Å². The molecule has 1 rings (SSSR count). The predicted molar refractivity (Wildman–Crippen MR) is 72.2 cm³/mol. The van der Waals surface area contributed by atoms with E-state index in [1.165, 1.54) is 14.2 Å². The number of carbonyl (C=O) groups is 4. The Morgan fingerprint density at radius 1 is 1.24 bits per heavy atom. The number of esters is 2. The molecule has 1 fully saturated rings. The van der Waals surface area contributed by atoms with Crippen molar-refractivity contribution in [3.8, 4) is 0 Å². The van der Waals surface area contributed by atoms with Crippen molar-refractivity contribution in [1.29, 1.82) is 0 Å². The molecule has 0 radical (unpaired) electrons. The van der Waals surface area contributed by atoms with Crippen LogP contribution in [0.5, 0.6) is 0 Å². The Morgan fingerprint density at radius 2 is 1.95 bits per heavy atom. The van der Waals surface area contributed by atoms with E-state index in [0.717, 1.165) is 0 Å². The molecule has 1 saturated carbocycles. The van der Waals surface area contributed by atoms with Gasteiger partial charge in [0.05, 0.1) is 20.6 Å². The topological polar surface area (TPSA) is 98.8 Å². The Kier molecular flexibility index (Phi) is 6.84. The summed E-state index contributed by atoms with van der Waals surface area (Å²) in [7, 11) is 2.48. The second-order valence-electron chi connectivity index (χ2n) is 5.04. The molecule has 0 saturated heterocycles. The zero-order valence-electron chi connectivity index (χ0n) is 12.3. The largest absolute Gasteiger partial charge is 0.469 e. The second-order valence-corrected chi connectivity index (χ2v) is 5.04. The van der Waals surface area contributed by atoms with E-state index in [9.17, 15) is 19.2 Å². The standard InChI is InChI=1S/C14H21NO6/c1-20-12(18)7-6-11(17)15-13(14(19)21-2)9-4-3-5-10(16)8-9/h9,13H,3-8H2,1-2H3,(H,15,17)/t9-,13-/m0/s1. The number of carbonyl (C=O) groups excluding carboxylic acids is 4. The maximum atomic E-state index is 11.8. The summed E-state index contributed by atoms with van der Waals surface area (Å²) in [5.74, 6) is -1.66. The maximum absolute atomic E-state index is 11.8. The van der Waals surface area contributed by atoms with Crippen molar-refractivity contribution in [2.45, 2.75) is 44.6 Å². The molecule has 1 amide bonds. The normalized spacial score (nSPS) is 19.5. The molecule has 7 nitrogen and oxygen atoms in total. The fourth-order valence-electron chi connectivity index (χ4n) is 2.40. The minimum atomic E-state index is -0.843. The molecule has 118 valence electrons. The SMILES string of the molecule is COC(=O)CCC(=O)N[C@H](C(=O)OC)[C@H]1CCCC(=O)C1. The Balaban J connectivity index is 2.61. The van der Waals surface area contributed by atoms with Gasteiger partial charge in [-0.05, 0) is 18.8 Å². The lowest BCUT2D eigenvalue weighted by Crippen LogP contribution is -2.48. The lowest BCUT2D eigenvalue weighted by atomic mass is 9.83. The van der Waals surface area contributed by atoms with Gasteiger partial charge in [0, 0.05) is 19.3 Å². The number of methoxy groups -OCH3 is 2. The summed E-state index contributed by atoms with van der Waals surface area (Å²) in [6, 6.07) is -0.843. The van der Waals surface area contributed by atoms with Crippen LogP contribution < -0.4 is 5.32 Å². The van der Waals surface area contributed by atoms with Gasteiger partial charge >= 0.3 is 11.9 Å². The van der Waals surface area contributed by atoms with E-state index < -0.39 is 23.9 Å². The minimum absolute atomic E-state index is 0.0557. The van der Waals surface area contributed by atoms with Crippen LogP contribution in [0.3, 0.4) is 0 Å². The summed E-state index contributed by atoms with van der Waals surface area (Å²) in [4.78, 5) is 46.1. The Labute approximate surface area is 123 Å². The quantitative estimate of drug-likeness (QED) is 0.711. The van der Waals surface area contributed by atoms with E-state index in [-0.39, 0.29) is 31.0 Å². The average Bonchev–Trinajstić information content (AvgIpc) is 2.49. The summed E-state index contributed by atoms with van der Waals surface area (Å²) < 4.78 is 9.14. The molecule has 0 unspecified atom stereocenters. The van der Waals surface area contributed by atoms with Gasteiger partial charge in [-0.1, -0.05) is 0 Å². The van der Waals surface area contributed by atoms with Gasteiger partial charge in [0.25, 0.3) is 0 Å². The fraction of sp³-hybridized carbons (Fsp3) is 0.714. The average molecular weight is 299 g/mol. The smallest absolute Gasteiger partial charge is 0.328 e. The molecular weight excluding hydrogens is 278 g/mol. The summed E-state index contributed by atoms with van der Waals surface area (Å²) >= 11 is 0. The van der Waals surface area contributed by atoms with Crippen LogP contribution in [0.4, 0.5) is 0 Å². The van der Waals surface area contributed by atoms with Crippen molar-refractivity contribution in [2.24, 2.45) is 5.92 Å². The first kappa shape index (κ1) is 17.1. The third-order valence-corrected chi connectivity index (χ3v) is 3.55. The first-order valence-corrected chi connectivity index (χ1v) is 6.93. The van der Waals surface area contributed by atoms with Crippen molar-refractivity contribution in [3.63, 3.8) is 0 Å². The molecule has 0 bridgehead atoms. The van der Waals surface area contributed by atoms with Crippen molar-refractivity contribution >= 4 is 23.6 Å². The van der Waals surface area contributed by atoms with Gasteiger partial charge in [-0.25, -0.2) is 4.79 Å². The van der Waals surface area contributed by atoms with Gasteiger partial charge in [-0.2, -0.15) is 0 Å². The monoisotopic (exact) mass is 299 g/mol. The number of ketones is 1. The zero-order valence-corrected chi connectivity index (χ0v) is 12.3. The first-order valence-electron chi connectivity index (χ1n) is 6.93. The van der Waals surface area contributed by atoms with Gasteiger partial charge in [0.15, 0.2) is 0 Å². The van der Waals surface area contributed by atoms with Crippen LogP contribution in [-0.2, 0) is 28.7 Å². The number of nitrogens with one attached hydrogen (secondary N) is 1. The molecule has 0 aromatic rings. The van der Waals surface area contributed by atoms with Gasteiger partial charge in [-0.15, -0.1) is 0 Å². The second kappa shape index (κ2) is 8.39. The molecule has 2 atom stereocenters. The first-order chi connectivity index (χ1) is 9.97. The summed E-state index contributed by atoms with van der Waals surface area (Å²) in [5, 5.41) is 2.56. The highest BCUT2D eigenvalue weighted by atomic mass is 16.5. The molecule has 0 aromatic heterocycles. The summed E-state index contributed by atoms with van der Waals surface area (Å²) in [5.41, 5.74) is 0. The Bertz CT molecular complexity index is 420. The van der Waals surface area contributed by atoms with Gasteiger partial charge in [-0.3, -0.25) is 14.4 Å². The molecular formula is C14H21NO6. The van der Waals surface area contributed by atoms with Crippen LogP contribution >= 0.6 is 0 Å². The van der Waals surface area contributed by atoms with Crippen molar-refractivity contribution in [2.75, 3.05) is 14.2 Å². The number of amides is 1. The van der Waals surface area contributed by atoms with Crippen molar-refractivity contribution < 1.29 is 28.7 Å². The third kappa shape index (κ3) is 5.53. The number of hydrogen-bond donors (Lipinski definition) is 1. The van der Waals surface area contributed by atoms with E-state index >= 15 is 0 Å². The fourth-order valence-corrected chi connectivity index (χ4v) is 2.40. The number of Topliss-reactive ketones (excluding diaryl/α,β-unsaturated/α-hetero) is 1. The highest BCUT2D eigenvalue weighted by Gasteiger charge is 2.34. The molecule has 21 heavy (non-hydrogen) atoms. The third-order valence-electron chi connectivity index (χ3n) is 3.55. The Morgan fingerprint density at radius 3 is 2.52 bits per heavy atom. The predicted octanol–water partition coefficient (Wildman–Crippen LogP) is 0.357. The molecule has 0 aromatic carbocycles. The zero-order chi connectivity index (χ0) is 15.8. The molecule has 1 N–H and O–H groups in total. The van der Waals surface area contributed by atoms with Crippen LogP contribution in [0.25, 0.3) is 0 Å². The molecule has 0 heterocycles. The van der Waals surface area contributed by atoms with Gasteiger partial charge in [0.1, 0.15) is 11.8 Å². The highest BCUT2D eigenvalue weighted by Crippen LogP contribution is 2.25. The van der Waals surface area contributed by atoms with E-state index in [4.69, 9.17) is 4.74 Å². The minimum Gasteiger partial charge on any atom is -0.469 e. The van der Waals surface area contributed by atoms with Crippen molar-refractivity contribution in [1.82, 2.24) is 5.32 Å². The van der Waals surface area contributed by atoms with Gasteiger partial charge < -0.3 is 14.8 Å². The molecule has 1 aliphatic rings. The van der Waals surface area contributed by atoms with Gasteiger partial charge in [0.2, 0.25) is 5.91 Å². The number of ether oxygens (including phenoxy) is 2. The Hall–Kier alpha value is -1.92. The van der Waals surface area contributed by atoms with Crippen LogP contribution in [0.1, 0.15) is 38.5 Å². The van der Waals surface area contributed by atoms with Crippen LogP contribution in [0.2, 0.25) is 0 Å². The summed E-state index contributed by atoms with van der Waals surface area (Å²) in [6.45, 7) is 0. The molecule has 0 aliphatic heterocycles. The summed E-state index contributed by atoms with van der Waals surface area (Å²) in [6.07, 6.45) is 2.04. The number of hydrogen-bond acceptors (Lipinski definition) is 6. The number of rotatable bonds is 6. The van der Waals surface area contributed by atoms with Crippen LogP contribution in [0, 0.1) is 5.92 Å².